The summed E-state index contributed by atoms with van der Waals surface area (Å²) in [4.78, 5) is 13.5. The number of anilines is 1. The van der Waals surface area contributed by atoms with Crippen LogP contribution >= 0.6 is 11.6 Å². The molecule has 0 fully saturated rings. The molecule has 0 bridgehead atoms. The molecule has 2 atom stereocenters. The highest BCUT2D eigenvalue weighted by molar-refractivity contribution is 7.92. The van der Waals surface area contributed by atoms with Gasteiger partial charge in [-0.15, -0.1) is 0 Å². The summed E-state index contributed by atoms with van der Waals surface area (Å²) in [6.07, 6.45) is 4.29. The number of hydrogen-bond donors (Lipinski definition) is 1. The van der Waals surface area contributed by atoms with Crippen LogP contribution in [0.1, 0.15) is 48.9 Å². The lowest BCUT2D eigenvalue weighted by Gasteiger charge is -2.35. The van der Waals surface area contributed by atoms with Crippen LogP contribution in [0.5, 0.6) is 5.75 Å². The summed E-state index contributed by atoms with van der Waals surface area (Å²) >= 11 is 5.96. The van der Waals surface area contributed by atoms with E-state index in [9.17, 15) is 13.2 Å². The van der Waals surface area contributed by atoms with E-state index in [-0.39, 0.29) is 23.4 Å². The molecule has 2 unspecified atom stereocenters. The molecular formula is C28H29ClN2O4S. The van der Waals surface area contributed by atoms with Crippen molar-refractivity contribution in [3.8, 4) is 5.75 Å². The second-order valence-electron chi connectivity index (χ2n) is 9.27. The maximum absolute atomic E-state index is 13.6. The number of hydrogen-bond acceptors (Lipinski definition) is 4. The lowest BCUT2D eigenvalue weighted by atomic mass is 9.88. The van der Waals surface area contributed by atoms with Gasteiger partial charge in [0.1, 0.15) is 5.75 Å². The third-order valence-electron chi connectivity index (χ3n) is 6.93. The Morgan fingerprint density at radius 1 is 1.06 bits per heavy atom. The first-order valence-corrected chi connectivity index (χ1v) is 14.1. The number of rotatable bonds is 6. The second-order valence-corrected chi connectivity index (χ2v) is 11.6. The van der Waals surface area contributed by atoms with Gasteiger partial charge < -0.3 is 10.1 Å². The standard InChI is InChI=1S/C28H29ClN2O4S/c1-2-24(21-12-11-19-7-3-4-8-20(19)17-21)30-28(32)27-18-31(25-9-5-6-10-26(25)35-27)36(33,34)23-15-13-22(29)14-16-23/h5-6,9-17,24,27H,2-4,7-8,18H2,1H3,(H,30,32). The SMILES string of the molecule is CCC(NC(=O)C1CN(S(=O)(=O)c2ccc(Cl)cc2)c2ccccc2O1)c1ccc2c(c1)CCCC2. The van der Waals surface area contributed by atoms with Gasteiger partial charge in [0.25, 0.3) is 15.9 Å². The van der Waals surface area contributed by atoms with E-state index in [0.29, 0.717) is 22.9 Å². The topological polar surface area (TPSA) is 75.7 Å². The number of aryl methyl sites for hydroxylation is 2. The van der Waals surface area contributed by atoms with Crippen LogP contribution in [0.2, 0.25) is 5.02 Å². The van der Waals surface area contributed by atoms with Crippen LogP contribution in [0.25, 0.3) is 0 Å². The van der Waals surface area contributed by atoms with E-state index in [1.807, 2.05) is 6.92 Å². The molecule has 188 valence electrons. The first kappa shape index (κ1) is 24.7. The fourth-order valence-corrected chi connectivity index (χ4v) is 6.56. The number of para-hydroxylation sites is 2. The highest BCUT2D eigenvalue weighted by Crippen LogP contribution is 2.37. The van der Waals surface area contributed by atoms with Crippen molar-refractivity contribution < 1.29 is 17.9 Å². The number of halogens is 1. The zero-order valence-electron chi connectivity index (χ0n) is 20.1. The Bertz CT molecular complexity index is 1370. The lowest BCUT2D eigenvalue weighted by Crippen LogP contribution is -2.51. The zero-order valence-corrected chi connectivity index (χ0v) is 21.7. The summed E-state index contributed by atoms with van der Waals surface area (Å²) in [7, 11) is -3.94. The fraction of sp³-hybridized carbons (Fsp3) is 0.321. The number of carbonyl (C=O) groups is 1. The minimum absolute atomic E-state index is 0.100. The number of carbonyl (C=O) groups excluding carboxylic acids is 1. The van der Waals surface area contributed by atoms with Crippen LogP contribution in [0.3, 0.4) is 0 Å². The van der Waals surface area contributed by atoms with E-state index in [1.165, 1.54) is 52.5 Å². The van der Waals surface area contributed by atoms with Gasteiger partial charge in [0.2, 0.25) is 0 Å². The molecule has 8 heteroatoms. The van der Waals surface area contributed by atoms with Gasteiger partial charge >= 0.3 is 0 Å². The predicted octanol–water partition coefficient (Wildman–Crippen LogP) is 5.44. The summed E-state index contributed by atoms with van der Waals surface area (Å²) in [5.41, 5.74) is 4.21. The first-order chi connectivity index (χ1) is 17.4. The number of fused-ring (bicyclic) bond motifs is 2. The van der Waals surface area contributed by atoms with Crippen molar-refractivity contribution in [2.24, 2.45) is 0 Å². The molecule has 1 amide bonds. The Balaban J connectivity index is 1.40. The van der Waals surface area contributed by atoms with Crippen molar-refractivity contribution in [1.82, 2.24) is 5.32 Å². The molecule has 6 nitrogen and oxygen atoms in total. The van der Waals surface area contributed by atoms with Gasteiger partial charge in [-0.2, -0.15) is 0 Å². The van der Waals surface area contributed by atoms with E-state index >= 15 is 0 Å². The molecule has 0 saturated heterocycles. The molecule has 1 aliphatic heterocycles. The van der Waals surface area contributed by atoms with Crippen molar-refractivity contribution in [3.05, 3.63) is 88.4 Å². The molecule has 3 aromatic carbocycles. The number of benzene rings is 3. The van der Waals surface area contributed by atoms with Crippen LogP contribution in [-0.4, -0.2) is 27.0 Å². The maximum atomic E-state index is 13.6. The molecule has 1 aliphatic carbocycles. The molecule has 0 saturated carbocycles. The van der Waals surface area contributed by atoms with E-state index in [2.05, 4.69) is 23.5 Å². The molecule has 2 aliphatic rings. The largest absolute Gasteiger partial charge is 0.476 e. The zero-order chi connectivity index (χ0) is 25.3. The Kier molecular flexibility index (Phi) is 6.95. The molecule has 0 spiro atoms. The van der Waals surface area contributed by atoms with Crippen LogP contribution in [0, 0.1) is 0 Å². The van der Waals surface area contributed by atoms with E-state index in [4.69, 9.17) is 16.3 Å². The summed E-state index contributed by atoms with van der Waals surface area (Å²) in [5.74, 6) is 0.00801. The number of nitrogens with one attached hydrogen (secondary N) is 1. The second kappa shape index (κ2) is 10.1. The number of amides is 1. The fourth-order valence-electron chi connectivity index (χ4n) is 4.96. The molecule has 0 radical (unpaired) electrons. The summed E-state index contributed by atoms with van der Waals surface area (Å²) in [6.45, 7) is 1.90. The van der Waals surface area contributed by atoms with Gasteiger partial charge in [0, 0.05) is 5.02 Å². The highest BCUT2D eigenvalue weighted by Gasteiger charge is 2.38. The first-order valence-electron chi connectivity index (χ1n) is 12.3. The van der Waals surface area contributed by atoms with Crippen LogP contribution in [-0.2, 0) is 27.7 Å². The molecule has 3 aromatic rings. The molecule has 36 heavy (non-hydrogen) atoms. The molecular weight excluding hydrogens is 496 g/mol. The monoisotopic (exact) mass is 524 g/mol. The Hall–Kier alpha value is -3.03. The van der Waals surface area contributed by atoms with Gasteiger partial charge in [-0.05, 0) is 85.2 Å². The molecule has 1 heterocycles. The van der Waals surface area contributed by atoms with E-state index in [0.717, 1.165) is 18.4 Å². The number of ether oxygens (including phenoxy) is 1. The van der Waals surface area contributed by atoms with Gasteiger partial charge in [-0.1, -0.05) is 48.9 Å². The minimum Gasteiger partial charge on any atom is -0.476 e. The van der Waals surface area contributed by atoms with Crippen LogP contribution < -0.4 is 14.4 Å². The average Bonchev–Trinajstić information content (AvgIpc) is 2.90. The summed E-state index contributed by atoms with van der Waals surface area (Å²) in [6, 6.07) is 19.2. The maximum Gasteiger partial charge on any atom is 0.264 e. The Morgan fingerprint density at radius 2 is 1.78 bits per heavy atom. The highest BCUT2D eigenvalue weighted by atomic mass is 35.5. The van der Waals surface area contributed by atoms with Crippen LogP contribution in [0.15, 0.2) is 71.6 Å². The van der Waals surface area contributed by atoms with Crippen molar-refractivity contribution in [2.75, 3.05) is 10.8 Å². The van der Waals surface area contributed by atoms with Crippen LogP contribution in [0.4, 0.5) is 5.69 Å². The van der Waals surface area contributed by atoms with E-state index < -0.39 is 16.1 Å². The minimum atomic E-state index is -3.94. The van der Waals surface area contributed by atoms with Gasteiger partial charge in [0.05, 0.1) is 23.2 Å². The normalized spacial score (nSPS) is 17.9. The number of sulfonamides is 1. The van der Waals surface area contributed by atoms with Gasteiger partial charge in [0.15, 0.2) is 6.10 Å². The lowest BCUT2D eigenvalue weighted by molar-refractivity contribution is -0.128. The van der Waals surface area contributed by atoms with Gasteiger partial charge in [-0.3, -0.25) is 9.10 Å². The molecule has 0 aromatic heterocycles. The van der Waals surface area contributed by atoms with E-state index in [1.54, 1.807) is 24.3 Å². The molecule has 1 N–H and O–H groups in total. The smallest absolute Gasteiger partial charge is 0.264 e. The Labute approximate surface area is 217 Å². The summed E-state index contributed by atoms with van der Waals surface area (Å²) in [5, 5.41) is 3.55. The summed E-state index contributed by atoms with van der Waals surface area (Å²) < 4.78 is 34.4. The Morgan fingerprint density at radius 3 is 2.53 bits per heavy atom. The predicted molar refractivity (Wildman–Crippen MR) is 141 cm³/mol. The van der Waals surface area contributed by atoms with Crippen molar-refractivity contribution >= 4 is 33.2 Å². The van der Waals surface area contributed by atoms with Crippen molar-refractivity contribution in [2.45, 2.75) is 56.1 Å². The van der Waals surface area contributed by atoms with Gasteiger partial charge in [-0.25, -0.2) is 8.42 Å². The van der Waals surface area contributed by atoms with Crippen molar-refractivity contribution in [3.63, 3.8) is 0 Å². The quantitative estimate of drug-likeness (QED) is 0.465. The third-order valence-corrected chi connectivity index (χ3v) is 8.97. The third kappa shape index (κ3) is 4.82. The average molecular weight is 525 g/mol. The van der Waals surface area contributed by atoms with Crippen molar-refractivity contribution in [1.29, 1.82) is 0 Å². The number of nitrogens with zero attached hydrogens (tertiary/aromatic N) is 1. The molecule has 5 rings (SSSR count).